The number of hydrogen-bond acceptors (Lipinski definition) is 7. The Morgan fingerprint density at radius 2 is 1.17 bits per heavy atom. The molecule has 0 heterocycles. The minimum atomic E-state index is -1.33. The molecule has 4 aromatic carbocycles. The first-order valence-electron chi connectivity index (χ1n) is 20.3. The molecule has 0 bridgehead atoms. The first-order valence-corrected chi connectivity index (χ1v) is 20.3. The van der Waals surface area contributed by atoms with E-state index >= 15 is 0 Å². The first kappa shape index (κ1) is 45.2. The number of aliphatic hydroxyl groups is 1. The van der Waals surface area contributed by atoms with E-state index in [9.17, 15) is 29.1 Å². The van der Waals surface area contributed by atoms with Crippen LogP contribution in [0.1, 0.15) is 77.5 Å². The van der Waals surface area contributed by atoms with Crippen molar-refractivity contribution in [3.8, 4) is 0 Å². The summed E-state index contributed by atoms with van der Waals surface area (Å²) in [6, 6.07) is 28.8. The fraction of sp³-hybridized carbons (Fsp3) is 0.426. The Balaban J connectivity index is 1.43. The van der Waals surface area contributed by atoms with Crippen molar-refractivity contribution in [1.29, 1.82) is 0 Å². The van der Waals surface area contributed by atoms with Gasteiger partial charge in [0.15, 0.2) is 0 Å². The van der Waals surface area contributed by atoms with Crippen LogP contribution in [0.15, 0.2) is 103 Å². The second-order valence-corrected chi connectivity index (χ2v) is 15.8. The van der Waals surface area contributed by atoms with Crippen LogP contribution in [-0.2, 0) is 48.2 Å². The highest BCUT2D eigenvalue weighted by atomic mass is 16.5. The van der Waals surface area contributed by atoms with Gasteiger partial charge in [-0.25, -0.2) is 4.79 Å². The molecule has 0 spiro atoms. The maximum Gasteiger partial charge on any atom is 0.329 e. The molecule has 0 fully saturated rings. The molecule has 5 N–H and O–H groups in total. The molecule has 4 amide bonds. The SMILES string of the molecule is CC[C@H](C)[C@H](NC(=O)C[C@H](O)[C@H](CCc1ccccc1)NC(=O)[C@@H](NC(=O)Cc1ccc2ccccc2c1)C(C)C)C(=O)N[C@H](C(=O)OCc1ccccc1)C(C)C. The maximum absolute atomic E-state index is 13.9. The molecule has 0 aliphatic rings. The van der Waals surface area contributed by atoms with Crippen LogP contribution in [0.5, 0.6) is 0 Å². The number of carbonyl (C=O) groups is 5. The van der Waals surface area contributed by atoms with Crippen molar-refractivity contribution in [2.45, 2.75) is 111 Å². The number of amides is 4. The predicted molar refractivity (Wildman–Crippen MR) is 226 cm³/mol. The Labute approximate surface area is 342 Å². The topological polar surface area (TPSA) is 163 Å². The van der Waals surface area contributed by atoms with Gasteiger partial charge in [0.1, 0.15) is 24.7 Å². The lowest BCUT2D eigenvalue weighted by molar-refractivity contribution is -0.150. The van der Waals surface area contributed by atoms with Crippen molar-refractivity contribution in [3.63, 3.8) is 0 Å². The van der Waals surface area contributed by atoms with Gasteiger partial charge in [-0.2, -0.15) is 0 Å². The highest BCUT2D eigenvalue weighted by Crippen LogP contribution is 2.18. The van der Waals surface area contributed by atoms with Crippen LogP contribution in [0.4, 0.5) is 0 Å². The molecular weight excluding hydrogens is 733 g/mol. The summed E-state index contributed by atoms with van der Waals surface area (Å²) in [5.74, 6) is -3.40. The van der Waals surface area contributed by atoms with Crippen LogP contribution in [0.2, 0.25) is 0 Å². The molecule has 0 saturated carbocycles. The van der Waals surface area contributed by atoms with Crippen molar-refractivity contribution in [2.75, 3.05) is 0 Å². The predicted octanol–water partition coefficient (Wildman–Crippen LogP) is 5.81. The van der Waals surface area contributed by atoms with Gasteiger partial charge in [-0.1, -0.05) is 151 Å². The zero-order valence-corrected chi connectivity index (χ0v) is 34.6. The lowest BCUT2D eigenvalue weighted by atomic mass is 9.95. The van der Waals surface area contributed by atoms with E-state index in [0.29, 0.717) is 19.3 Å². The van der Waals surface area contributed by atoms with Gasteiger partial charge in [-0.15, -0.1) is 0 Å². The summed E-state index contributed by atoms with van der Waals surface area (Å²) in [7, 11) is 0. The summed E-state index contributed by atoms with van der Waals surface area (Å²) in [4.78, 5) is 67.5. The fourth-order valence-electron chi connectivity index (χ4n) is 6.72. The van der Waals surface area contributed by atoms with Gasteiger partial charge in [0.25, 0.3) is 0 Å². The van der Waals surface area contributed by atoms with E-state index in [-0.39, 0.29) is 36.7 Å². The van der Waals surface area contributed by atoms with E-state index in [1.54, 1.807) is 13.8 Å². The van der Waals surface area contributed by atoms with E-state index < -0.39 is 60.4 Å². The lowest BCUT2D eigenvalue weighted by Crippen LogP contribution is -2.57. The molecule has 0 radical (unpaired) electrons. The van der Waals surface area contributed by atoms with Gasteiger partial charge >= 0.3 is 5.97 Å². The van der Waals surface area contributed by atoms with Crippen molar-refractivity contribution >= 4 is 40.4 Å². The van der Waals surface area contributed by atoms with Gasteiger partial charge in [0, 0.05) is 0 Å². The second kappa shape index (κ2) is 22.4. The van der Waals surface area contributed by atoms with E-state index in [1.165, 1.54) is 0 Å². The highest BCUT2D eigenvalue weighted by Gasteiger charge is 2.34. The lowest BCUT2D eigenvalue weighted by Gasteiger charge is -2.30. The number of ether oxygens (including phenoxy) is 1. The minimum absolute atomic E-state index is 0.0553. The monoisotopic (exact) mass is 792 g/mol. The molecule has 4 rings (SSSR count). The molecule has 0 aliphatic heterocycles. The Hall–Kier alpha value is -5.55. The van der Waals surface area contributed by atoms with Crippen molar-refractivity contribution in [1.82, 2.24) is 21.3 Å². The summed E-state index contributed by atoms with van der Waals surface area (Å²) in [5.41, 5.74) is 2.61. The van der Waals surface area contributed by atoms with Crippen LogP contribution in [0, 0.1) is 17.8 Å². The number of esters is 1. The second-order valence-electron chi connectivity index (χ2n) is 15.8. The quantitative estimate of drug-likeness (QED) is 0.0666. The van der Waals surface area contributed by atoms with Crippen LogP contribution in [0.25, 0.3) is 10.8 Å². The van der Waals surface area contributed by atoms with E-state index in [1.807, 2.05) is 131 Å². The third-order valence-corrected chi connectivity index (χ3v) is 10.5. The average molecular weight is 793 g/mol. The van der Waals surface area contributed by atoms with Crippen LogP contribution >= 0.6 is 0 Å². The molecule has 6 atom stereocenters. The van der Waals surface area contributed by atoms with E-state index in [2.05, 4.69) is 21.3 Å². The Morgan fingerprint density at radius 3 is 1.79 bits per heavy atom. The van der Waals surface area contributed by atoms with Crippen LogP contribution in [0.3, 0.4) is 0 Å². The maximum atomic E-state index is 13.9. The highest BCUT2D eigenvalue weighted by molar-refractivity contribution is 5.92. The molecular formula is C47H60N4O7. The number of carbonyl (C=O) groups excluding carboxylic acids is 5. The zero-order valence-electron chi connectivity index (χ0n) is 34.6. The van der Waals surface area contributed by atoms with Crippen molar-refractivity contribution < 1.29 is 33.8 Å². The van der Waals surface area contributed by atoms with E-state index in [0.717, 1.165) is 27.5 Å². The summed E-state index contributed by atoms with van der Waals surface area (Å²) in [6.45, 7) is 11.0. The largest absolute Gasteiger partial charge is 0.459 e. The van der Waals surface area contributed by atoms with Gasteiger partial charge in [0.2, 0.25) is 23.6 Å². The third-order valence-electron chi connectivity index (χ3n) is 10.5. The molecule has 0 saturated heterocycles. The summed E-state index contributed by atoms with van der Waals surface area (Å²) >= 11 is 0. The number of nitrogens with one attached hydrogen (secondary N) is 4. The molecule has 0 aromatic heterocycles. The smallest absolute Gasteiger partial charge is 0.329 e. The Morgan fingerprint density at radius 1 is 0.603 bits per heavy atom. The fourth-order valence-corrected chi connectivity index (χ4v) is 6.72. The number of aliphatic hydroxyl groups excluding tert-OH is 1. The average Bonchev–Trinajstić information content (AvgIpc) is 3.21. The number of fused-ring (bicyclic) bond motifs is 1. The summed E-state index contributed by atoms with van der Waals surface area (Å²) < 4.78 is 5.53. The Bertz CT molecular complexity index is 1950. The van der Waals surface area contributed by atoms with Gasteiger partial charge < -0.3 is 31.1 Å². The molecule has 0 unspecified atom stereocenters. The Kier molecular flexibility index (Phi) is 17.4. The number of benzene rings is 4. The number of aryl methyl sites for hydroxylation is 1. The minimum Gasteiger partial charge on any atom is -0.459 e. The van der Waals surface area contributed by atoms with Gasteiger partial charge in [-0.3, -0.25) is 19.2 Å². The molecule has 0 aliphatic carbocycles. The normalized spacial score (nSPS) is 14.4. The van der Waals surface area contributed by atoms with Crippen molar-refractivity contribution in [3.05, 3.63) is 120 Å². The molecule has 11 heteroatoms. The van der Waals surface area contributed by atoms with Gasteiger partial charge in [0.05, 0.1) is 25.0 Å². The van der Waals surface area contributed by atoms with Crippen LogP contribution in [-0.4, -0.2) is 65.0 Å². The molecule has 310 valence electrons. The number of hydrogen-bond donors (Lipinski definition) is 5. The number of rotatable bonds is 21. The summed E-state index contributed by atoms with van der Waals surface area (Å²) in [6.07, 6.45) is -0.306. The van der Waals surface area contributed by atoms with Gasteiger partial charge in [-0.05, 0) is 58.1 Å². The summed E-state index contributed by atoms with van der Waals surface area (Å²) in [5, 5.41) is 25.0. The van der Waals surface area contributed by atoms with E-state index in [4.69, 9.17) is 4.74 Å². The molecule has 58 heavy (non-hydrogen) atoms. The third kappa shape index (κ3) is 13.8. The zero-order chi connectivity index (χ0) is 42.2. The molecule has 11 nitrogen and oxygen atoms in total. The first-order chi connectivity index (χ1) is 27.7. The standard InChI is InChI=1S/C47H60N4O7/c1-7-32(6)44(46(56)51-43(31(4)5)47(57)58-29-34-18-12-9-13-19-34)50-41(54)28-39(52)38(25-23-33-16-10-8-11-17-33)48-45(55)42(30(2)3)49-40(53)27-35-22-24-36-20-14-15-21-37(36)26-35/h8-22,24,26,30-32,38-39,42-44,52H,7,23,25,27-29H2,1-6H3,(H,48,55)(H,49,53)(H,50,54)(H,51,56)/t32-,38-,39-,42-,43-,44-/m0/s1. The molecule has 4 aromatic rings. The van der Waals surface area contributed by atoms with Crippen molar-refractivity contribution in [2.24, 2.45) is 17.8 Å². The van der Waals surface area contributed by atoms with Crippen LogP contribution < -0.4 is 21.3 Å².